The predicted molar refractivity (Wildman–Crippen MR) is 179 cm³/mol. The molecule has 2 saturated heterocycles. The summed E-state index contributed by atoms with van der Waals surface area (Å²) in [4.78, 5) is 32.1. The quantitative estimate of drug-likeness (QED) is 0.192. The third-order valence-electron chi connectivity index (χ3n) is 8.52. The predicted octanol–water partition coefficient (Wildman–Crippen LogP) is 4.78. The SMILES string of the molecule is Cl.O=C(Cc1cccc2ccccc12)Nc1nc(CC(=O)N2CCC(CNCCCCNCC3CCCCN3)CC2)cs1. The number of unbranched alkanes of at least 4 members (excludes halogenated alkanes) is 1. The second-order valence-corrected chi connectivity index (χ2v) is 12.6. The van der Waals surface area contributed by atoms with Crippen LogP contribution in [-0.4, -0.2) is 73.6 Å². The Hall–Kier alpha value is -2.56. The average Bonchev–Trinajstić information content (AvgIpc) is 3.45. The van der Waals surface area contributed by atoms with Gasteiger partial charge in [0.1, 0.15) is 0 Å². The van der Waals surface area contributed by atoms with Gasteiger partial charge in [-0.1, -0.05) is 48.9 Å². The summed E-state index contributed by atoms with van der Waals surface area (Å²) < 4.78 is 0. The number of hydrogen-bond donors (Lipinski definition) is 4. The lowest BCUT2D eigenvalue weighted by Gasteiger charge is -2.32. The molecule has 5 rings (SSSR count). The molecule has 234 valence electrons. The van der Waals surface area contributed by atoms with Gasteiger partial charge in [0, 0.05) is 31.1 Å². The number of fused-ring (bicyclic) bond motifs is 1. The van der Waals surface area contributed by atoms with Crippen molar-refractivity contribution >= 4 is 51.5 Å². The molecule has 0 radical (unpaired) electrons. The fraction of sp³-hybridized carbons (Fsp3) is 0.545. The van der Waals surface area contributed by atoms with Gasteiger partial charge in [-0.25, -0.2) is 4.98 Å². The zero-order valence-corrected chi connectivity index (χ0v) is 26.7. The van der Waals surface area contributed by atoms with E-state index in [0.717, 1.165) is 74.1 Å². The summed E-state index contributed by atoms with van der Waals surface area (Å²) in [5, 5.41) is 18.4. The maximum Gasteiger partial charge on any atom is 0.230 e. The molecule has 0 spiro atoms. The van der Waals surface area contributed by atoms with Crippen LogP contribution in [0.3, 0.4) is 0 Å². The monoisotopic (exact) mass is 626 g/mol. The number of carbonyl (C=O) groups excluding carboxylic acids is 2. The third kappa shape index (κ3) is 10.5. The van der Waals surface area contributed by atoms with Gasteiger partial charge in [0.2, 0.25) is 11.8 Å². The number of thiazole rings is 1. The highest BCUT2D eigenvalue weighted by atomic mass is 35.5. The van der Waals surface area contributed by atoms with Gasteiger partial charge in [0.15, 0.2) is 5.13 Å². The molecule has 1 atom stereocenters. The zero-order chi connectivity index (χ0) is 29.0. The molecule has 3 aromatic rings. The van der Waals surface area contributed by atoms with Crippen molar-refractivity contribution in [2.45, 2.75) is 63.8 Å². The second kappa shape index (κ2) is 17.7. The number of hydrogen-bond acceptors (Lipinski definition) is 7. The molecule has 0 saturated carbocycles. The van der Waals surface area contributed by atoms with Crippen LogP contribution < -0.4 is 21.3 Å². The maximum atomic E-state index is 12.9. The Morgan fingerprint density at radius 3 is 2.49 bits per heavy atom. The Bertz CT molecular complexity index is 1280. The van der Waals surface area contributed by atoms with E-state index in [2.05, 4.69) is 38.4 Å². The minimum atomic E-state index is -0.0989. The van der Waals surface area contributed by atoms with Crippen LogP contribution in [0.4, 0.5) is 5.13 Å². The van der Waals surface area contributed by atoms with Crippen LogP contribution in [0.2, 0.25) is 0 Å². The second-order valence-electron chi connectivity index (χ2n) is 11.8. The van der Waals surface area contributed by atoms with Gasteiger partial charge in [0.25, 0.3) is 0 Å². The number of rotatable bonds is 14. The van der Waals surface area contributed by atoms with Crippen molar-refractivity contribution in [3.05, 3.63) is 59.1 Å². The molecule has 10 heteroatoms. The Balaban J connectivity index is 0.00000423. The van der Waals surface area contributed by atoms with E-state index in [9.17, 15) is 9.59 Å². The van der Waals surface area contributed by atoms with E-state index in [0.29, 0.717) is 17.1 Å². The van der Waals surface area contributed by atoms with Crippen LogP contribution in [0.5, 0.6) is 0 Å². The van der Waals surface area contributed by atoms with E-state index >= 15 is 0 Å². The van der Waals surface area contributed by atoms with Gasteiger partial charge < -0.3 is 26.2 Å². The summed E-state index contributed by atoms with van der Waals surface area (Å²) in [6.07, 6.45) is 9.04. The number of likely N-dealkylation sites (tertiary alicyclic amines) is 1. The van der Waals surface area contributed by atoms with Crippen molar-refractivity contribution in [1.82, 2.24) is 25.8 Å². The van der Waals surface area contributed by atoms with Crippen molar-refractivity contribution < 1.29 is 9.59 Å². The van der Waals surface area contributed by atoms with Crippen LogP contribution in [0.25, 0.3) is 10.8 Å². The van der Waals surface area contributed by atoms with E-state index in [-0.39, 0.29) is 37.1 Å². The summed E-state index contributed by atoms with van der Waals surface area (Å²) in [6.45, 7) is 7.08. The molecule has 2 amide bonds. The number of nitrogens with one attached hydrogen (secondary N) is 4. The highest BCUT2D eigenvalue weighted by molar-refractivity contribution is 7.13. The van der Waals surface area contributed by atoms with Crippen LogP contribution in [0.15, 0.2) is 47.8 Å². The third-order valence-corrected chi connectivity index (χ3v) is 9.33. The van der Waals surface area contributed by atoms with Crippen molar-refractivity contribution in [2.24, 2.45) is 5.92 Å². The highest BCUT2D eigenvalue weighted by Crippen LogP contribution is 2.22. The van der Waals surface area contributed by atoms with Crippen molar-refractivity contribution in [3.63, 3.8) is 0 Å². The molecule has 1 aromatic heterocycles. The summed E-state index contributed by atoms with van der Waals surface area (Å²) >= 11 is 1.38. The zero-order valence-electron chi connectivity index (χ0n) is 25.1. The maximum absolute atomic E-state index is 12.9. The lowest BCUT2D eigenvalue weighted by Crippen LogP contribution is -2.42. The molecule has 3 heterocycles. The molecule has 0 bridgehead atoms. The van der Waals surface area contributed by atoms with E-state index in [4.69, 9.17) is 0 Å². The first-order chi connectivity index (χ1) is 20.6. The van der Waals surface area contributed by atoms with Crippen molar-refractivity contribution in [3.8, 4) is 0 Å². The Morgan fingerprint density at radius 1 is 0.930 bits per heavy atom. The fourth-order valence-electron chi connectivity index (χ4n) is 6.06. The van der Waals surface area contributed by atoms with Crippen LogP contribution >= 0.6 is 23.7 Å². The largest absolute Gasteiger partial charge is 0.342 e. The molecule has 1 unspecified atom stereocenters. The normalized spacial score (nSPS) is 17.5. The fourth-order valence-corrected chi connectivity index (χ4v) is 6.79. The number of nitrogens with zero attached hydrogens (tertiary/aromatic N) is 2. The van der Waals surface area contributed by atoms with Crippen LogP contribution in [0.1, 0.15) is 56.2 Å². The molecular weight excluding hydrogens is 580 g/mol. The van der Waals surface area contributed by atoms with E-state index in [1.165, 1.54) is 50.0 Å². The number of amides is 2. The van der Waals surface area contributed by atoms with Crippen molar-refractivity contribution in [2.75, 3.05) is 51.1 Å². The summed E-state index contributed by atoms with van der Waals surface area (Å²) in [5.41, 5.74) is 1.71. The van der Waals surface area contributed by atoms with Crippen LogP contribution in [0, 0.1) is 5.92 Å². The summed E-state index contributed by atoms with van der Waals surface area (Å²) in [5.74, 6) is 0.654. The standard InChI is InChI=1S/C33H46N6O2S.ClH/c40-31(20-27-10-7-9-26-8-1-2-12-30(26)27)38-33-37-29(24-42-33)21-32(41)39-18-13-25(14-19-39)22-34-15-5-6-16-35-23-28-11-3-4-17-36-28;/h1-2,7-10,12,24-25,28,34-36H,3-6,11,13-23H2,(H,37,38,40);1H. The first kappa shape index (κ1) is 33.3. The summed E-state index contributed by atoms with van der Waals surface area (Å²) in [7, 11) is 0. The van der Waals surface area contributed by atoms with Crippen molar-refractivity contribution in [1.29, 1.82) is 0 Å². The van der Waals surface area contributed by atoms with Gasteiger partial charge >= 0.3 is 0 Å². The van der Waals surface area contributed by atoms with E-state index in [1.807, 2.05) is 40.6 Å². The summed E-state index contributed by atoms with van der Waals surface area (Å²) in [6, 6.07) is 14.8. The molecular formula is C33H47ClN6O2S. The molecule has 8 nitrogen and oxygen atoms in total. The molecule has 2 aliphatic rings. The molecule has 2 aromatic carbocycles. The van der Waals surface area contributed by atoms with Gasteiger partial charge in [-0.05, 0) is 87.0 Å². The Morgan fingerprint density at radius 2 is 1.70 bits per heavy atom. The van der Waals surface area contributed by atoms with E-state index < -0.39 is 0 Å². The van der Waals surface area contributed by atoms with Gasteiger partial charge in [-0.15, -0.1) is 23.7 Å². The Kier molecular flexibility index (Phi) is 13.7. The number of aromatic nitrogens is 1. The number of piperidine rings is 2. The lowest BCUT2D eigenvalue weighted by molar-refractivity contribution is -0.131. The minimum Gasteiger partial charge on any atom is -0.342 e. The smallest absolute Gasteiger partial charge is 0.230 e. The molecule has 43 heavy (non-hydrogen) atoms. The number of benzene rings is 2. The molecule has 0 aliphatic carbocycles. The van der Waals surface area contributed by atoms with Gasteiger partial charge in [-0.3, -0.25) is 9.59 Å². The van der Waals surface area contributed by atoms with Gasteiger partial charge in [0.05, 0.1) is 18.5 Å². The molecule has 2 aliphatic heterocycles. The highest BCUT2D eigenvalue weighted by Gasteiger charge is 2.23. The van der Waals surface area contributed by atoms with E-state index in [1.54, 1.807) is 0 Å². The minimum absolute atomic E-state index is 0. The average molecular weight is 627 g/mol. The topological polar surface area (TPSA) is 98.4 Å². The molecule has 2 fully saturated rings. The lowest BCUT2D eigenvalue weighted by atomic mass is 9.96. The number of halogens is 1. The van der Waals surface area contributed by atoms with Gasteiger partial charge in [-0.2, -0.15) is 0 Å². The number of carbonyl (C=O) groups is 2. The Labute approximate surface area is 266 Å². The first-order valence-electron chi connectivity index (χ1n) is 15.8. The first-order valence-corrected chi connectivity index (χ1v) is 16.7. The van der Waals surface area contributed by atoms with Crippen LogP contribution in [-0.2, 0) is 22.4 Å². The molecule has 4 N–H and O–H groups in total. The number of anilines is 1.